The van der Waals surface area contributed by atoms with E-state index in [2.05, 4.69) is 36.8 Å². The number of aromatic nitrogens is 1. The van der Waals surface area contributed by atoms with E-state index in [4.69, 9.17) is 5.73 Å². The molecular formula is C12H21N3. The number of pyridine rings is 1. The van der Waals surface area contributed by atoms with Crippen LogP contribution in [0.3, 0.4) is 0 Å². The number of nitrogens with two attached hydrogens (primary N) is 1. The molecule has 0 spiro atoms. The molecule has 0 bridgehead atoms. The molecule has 15 heavy (non-hydrogen) atoms. The zero-order valence-corrected chi connectivity index (χ0v) is 9.90. The average Bonchev–Trinajstić information content (AvgIpc) is 2.19. The third-order valence-corrected chi connectivity index (χ3v) is 2.91. The van der Waals surface area contributed by atoms with Gasteiger partial charge in [0.1, 0.15) is 0 Å². The topological polar surface area (TPSA) is 42.2 Å². The van der Waals surface area contributed by atoms with Crippen LogP contribution in [0.15, 0.2) is 24.4 Å². The van der Waals surface area contributed by atoms with Crippen LogP contribution in [0.1, 0.15) is 26.0 Å². The maximum Gasteiger partial charge on any atom is 0.0544 e. The van der Waals surface area contributed by atoms with Crippen LogP contribution in [0.25, 0.3) is 0 Å². The van der Waals surface area contributed by atoms with E-state index >= 15 is 0 Å². The predicted octanol–water partition coefficient (Wildman–Crippen LogP) is 1.64. The summed E-state index contributed by atoms with van der Waals surface area (Å²) < 4.78 is 0. The standard InChI is InChI=1S/C12H21N3/c1-12(2,7-8-13)15(3)10-11-6-4-5-9-14-11/h4-6,9H,7-8,10,13H2,1-3H3. The summed E-state index contributed by atoms with van der Waals surface area (Å²) in [5, 5.41) is 0. The van der Waals surface area contributed by atoms with Crippen LogP contribution < -0.4 is 5.73 Å². The Morgan fingerprint density at radius 2 is 2.13 bits per heavy atom. The zero-order chi connectivity index (χ0) is 11.3. The molecule has 2 N–H and O–H groups in total. The van der Waals surface area contributed by atoms with Crippen LogP contribution in [-0.4, -0.2) is 29.0 Å². The van der Waals surface area contributed by atoms with E-state index in [0.717, 1.165) is 25.2 Å². The highest BCUT2D eigenvalue weighted by Gasteiger charge is 2.22. The molecule has 0 saturated carbocycles. The van der Waals surface area contributed by atoms with Gasteiger partial charge in [-0.2, -0.15) is 0 Å². The molecule has 0 fully saturated rings. The molecule has 0 saturated heterocycles. The molecule has 1 rings (SSSR count). The van der Waals surface area contributed by atoms with Gasteiger partial charge in [0.25, 0.3) is 0 Å². The minimum atomic E-state index is 0.131. The molecule has 1 heterocycles. The summed E-state index contributed by atoms with van der Waals surface area (Å²) in [6.07, 6.45) is 2.83. The largest absolute Gasteiger partial charge is 0.330 e. The molecule has 1 aromatic rings. The fourth-order valence-corrected chi connectivity index (χ4v) is 1.49. The van der Waals surface area contributed by atoms with Gasteiger partial charge < -0.3 is 5.73 Å². The third kappa shape index (κ3) is 3.61. The van der Waals surface area contributed by atoms with Crippen LogP contribution in [0.2, 0.25) is 0 Å². The molecule has 84 valence electrons. The summed E-state index contributed by atoms with van der Waals surface area (Å²) in [6.45, 7) is 6.01. The highest BCUT2D eigenvalue weighted by molar-refractivity contribution is 5.03. The molecule has 0 atom stereocenters. The van der Waals surface area contributed by atoms with E-state index in [1.54, 1.807) is 0 Å². The van der Waals surface area contributed by atoms with E-state index in [1.807, 2.05) is 18.3 Å². The first-order chi connectivity index (χ1) is 7.06. The van der Waals surface area contributed by atoms with Gasteiger partial charge in [-0.3, -0.25) is 9.88 Å². The minimum Gasteiger partial charge on any atom is -0.330 e. The van der Waals surface area contributed by atoms with Crippen molar-refractivity contribution in [2.24, 2.45) is 5.73 Å². The van der Waals surface area contributed by atoms with E-state index in [-0.39, 0.29) is 5.54 Å². The minimum absolute atomic E-state index is 0.131. The number of nitrogens with zero attached hydrogens (tertiary/aromatic N) is 2. The fraction of sp³-hybridized carbons (Fsp3) is 0.583. The van der Waals surface area contributed by atoms with Crippen LogP contribution in [0, 0.1) is 0 Å². The molecule has 0 aliphatic heterocycles. The Hall–Kier alpha value is -0.930. The molecule has 0 aliphatic rings. The van der Waals surface area contributed by atoms with Crippen molar-refractivity contribution in [3.8, 4) is 0 Å². The SMILES string of the molecule is CN(Cc1ccccn1)C(C)(C)CCN. The average molecular weight is 207 g/mol. The number of rotatable bonds is 5. The van der Waals surface area contributed by atoms with Gasteiger partial charge in [0.05, 0.1) is 5.69 Å². The first-order valence-corrected chi connectivity index (χ1v) is 5.37. The van der Waals surface area contributed by atoms with Crippen molar-refractivity contribution in [1.82, 2.24) is 9.88 Å². The quantitative estimate of drug-likeness (QED) is 0.798. The molecule has 3 nitrogen and oxygen atoms in total. The van der Waals surface area contributed by atoms with Gasteiger partial charge in [-0.15, -0.1) is 0 Å². The second kappa shape index (κ2) is 5.24. The molecule has 1 aromatic heterocycles. The van der Waals surface area contributed by atoms with E-state index in [0.29, 0.717) is 0 Å². The second-order valence-corrected chi connectivity index (χ2v) is 4.53. The Bertz CT molecular complexity index is 282. The second-order valence-electron chi connectivity index (χ2n) is 4.53. The van der Waals surface area contributed by atoms with Crippen LogP contribution in [0.4, 0.5) is 0 Å². The van der Waals surface area contributed by atoms with Crippen LogP contribution in [-0.2, 0) is 6.54 Å². The van der Waals surface area contributed by atoms with E-state index < -0.39 is 0 Å². The fourth-order valence-electron chi connectivity index (χ4n) is 1.49. The third-order valence-electron chi connectivity index (χ3n) is 2.91. The lowest BCUT2D eigenvalue weighted by Crippen LogP contribution is -2.42. The molecule has 0 radical (unpaired) electrons. The molecule has 0 aliphatic carbocycles. The number of hydrogen-bond donors (Lipinski definition) is 1. The normalized spacial score (nSPS) is 12.1. The van der Waals surface area contributed by atoms with Crippen LogP contribution in [0.5, 0.6) is 0 Å². The molecular weight excluding hydrogens is 186 g/mol. The van der Waals surface area contributed by atoms with Gasteiger partial charge in [0.2, 0.25) is 0 Å². The summed E-state index contributed by atoms with van der Waals surface area (Å²) in [4.78, 5) is 6.61. The Morgan fingerprint density at radius 1 is 1.40 bits per heavy atom. The molecule has 0 unspecified atom stereocenters. The summed E-state index contributed by atoms with van der Waals surface area (Å²) in [7, 11) is 2.12. The predicted molar refractivity (Wildman–Crippen MR) is 63.5 cm³/mol. The summed E-state index contributed by atoms with van der Waals surface area (Å²) >= 11 is 0. The molecule has 3 heteroatoms. The van der Waals surface area contributed by atoms with Crippen molar-refractivity contribution in [2.75, 3.05) is 13.6 Å². The van der Waals surface area contributed by atoms with E-state index in [1.165, 1.54) is 0 Å². The van der Waals surface area contributed by atoms with Crippen molar-refractivity contribution in [3.05, 3.63) is 30.1 Å². The first kappa shape index (κ1) is 12.1. The summed E-state index contributed by atoms with van der Waals surface area (Å²) in [5.41, 5.74) is 6.84. The van der Waals surface area contributed by atoms with E-state index in [9.17, 15) is 0 Å². The molecule has 0 amide bonds. The lowest BCUT2D eigenvalue weighted by atomic mass is 9.98. The van der Waals surface area contributed by atoms with Crippen molar-refractivity contribution in [1.29, 1.82) is 0 Å². The maximum absolute atomic E-state index is 5.60. The highest BCUT2D eigenvalue weighted by atomic mass is 15.2. The highest BCUT2D eigenvalue weighted by Crippen LogP contribution is 2.17. The van der Waals surface area contributed by atoms with Crippen molar-refractivity contribution >= 4 is 0 Å². The molecule has 0 aromatic carbocycles. The van der Waals surface area contributed by atoms with Crippen molar-refractivity contribution in [3.63, 3.8) is 0 Å². The van der Waals surface area contributed by atoms with Crippen LogP contribution >= 0.6 is 0 Å². The lowest BCUT2D eigenvalue weighted by molar-refractivity contribution is 0.138. The monoisotopic (exact) mass is 207 g/mol. The zero-order valence-electron chi connectivity index (χ0n) is 9.90. The van der Waals surface area contributed by atoms with Gasteiger partial charge >= 0.3 is 0 Å². The Balaban J connectivity index is 2.59. The van der Waals surface area contributed by atoms with Gasteiger partial charge in [-0.05, 0) is 46.0 Å². The van der Waals surface area contributed by atoms with Crippen molar-refractivity contribution in [2.45, 2.75) is 32.4 Å². The van der Waals surface area contributed by atoms with Gasteiger partial charge in [0, 0.05) is 18.3 Å². The van der Waals surface area contributed by atoms with Gasteiger partial charge in [-0.25, -0.2) is 0 Å². The van der Waals surface area contributed by atoms with Crippen molar-refractivity contribution < 1.29 is 0 Å². The first-order valence-electron chi connectivity index (χ1n) is 5.37. The Labute approximate surface area is 92.3 Å². The van der Waals surface area contributed by atoms with Gasteiger partial charge in [0.15, 0.2) is 0 Å². The lowest BCUT2D eigenvalue weighted by Gasteiger charge is -2.35. The summed E-state index contributed by atoms with van der Waals surface area (Å²) in [5.74, 6) is 0. The maximum atomic E-state index is 5.60. The Kier molecular flexibility index (Phi) is 4.24. The Morgan fingerprint density at radius 3 is 2.67 bits per heavy atom. The van der Waals surface area contributed by atoms with Gasteiger partial charge in [-0.1, -0.05) is 6.07 Å². The number of hydrogen-bond acceptors (Lipinski definition) is 3. The summed E-state index contributed by atoms with van der Waals surface area (Å²) in [6, 6.07) is 6.01. The smallest absolute Gasteiger partial charge is 0.0544 e.